The third kappa shape index (κ3) is 5.47. The van der Waals surface area contributed by atoms with Gasteiger partial charge in [-0.25, -0.2) is 4.79 Å². The van der Waals surface area contributed by atoms with E-state index in [0.717, 1.165) is 5.56 Å². The molecule has 0 aromatic heterocycles. The number of carbonyl (C=O) groups excluding carboxylic acids is 3. The maximum Gasteiger partial charge on any atom is 0.338 e. The van der Waals surface area contributed by atoms with E-state index >= 15 is 0 Å². The van der Waals surface area contributed by atoms with Crippen LogP contribution < -0.4 is 9.64 Å². The topological polar surface area (TPSA) is 93.1 Å². The third-order valence-electron chi connectivity index (χ3n) is 6.08. The lowest BCUT2D eigenvalue weighted by atomic mass is 9.94. The summed E-state index contributed by atoms with van der Waals surface area (Å²) in [6, 6.07) is 19.7. The van der Waals surface area contributed by atoms with Gasteiger partial charge in [-0.2, -0.15) is 0 Å². The summed E-state index contributed by atoms with van der Waals surface area (Å²) in [6.07, 6.45) is 0.596. The molecule has 7 nitrogen and oxygen atoms in total. The van der Waals surface area contributed by atoms with Gasteiger partial charge in [-0.15, -0.1) is 0 Å². The van der Waals surface area contributed by atoms with E-state index in [-0.39, 0.29) is 29.6 Å². The van der Waals surface area contributed by atoms with E-state index in [1.165, 1.54) is 11.0 Å². The van der Waals surface area contributed by atoms with Crippen LogP contribution in [0.2, 0.25) is 0 Å². The summed E-state index contributed by atoms with van der Waals surface area (Å²) in [7, 11) is 0. The zero-order valence-electron chi connectivity index (χ0n) is 21.9. The molecule has 1 unspecified atom stereocenters. The number of benzene rings is 3. The van der Waals surface area contributed by atoms with Crippen molar-refractivity contribution in [2.45, 2.75) is 46.3 Å². The minimum absolute atomic E-state index is 0.0405. The number of aryl methyl sites for hydroxylation is 1. The minimum Gasteiger partial charge on any atom is -0.507 e. The standard InChI is InChI=1S/C31H31NO6/c1-5-15-37-31(36)23-12-7-13-24(17-23)32-27(21-10-6-9-20(4)16-21)26(29(34)30(32)35)28(33)22-11-8-14-25(18-22)38-19(2)3/h6-14,16-19,27,33H,5,15H2,1-4H3/b28-26+. The van der Waals surface area contributed by atoms with E-state index in [2.05, 4.69) is 0 Å². The van der Waals surface area contributed by atoms with Gasteiger partial charge >= 0.3 is 5.97 Å². The highest BCUT2D eigenvalue weighted by Crippen LogP contribution is 2.42. The van der Waals surface area contributed by atoms with Crippen LogP contribution in [0.3, 0.4) is 0 Å². The lowest BCUT2D eigenvalue weighted by molar-refractivity contribution is -0.132. The molecule has 0 aliphatic carbocycles. The first-order valence-corrected chi connectivity index (χ1v) is 12.6. The summed E-state index contributed by atoms with van der Waals surface area (Å²) < 4.78 is 11.0. The Morgan fingerprint density at radius 1 is 0.974 bits per heavy atom. The van der Waals surface area contributed by atoms with Crippen molar-refractivity contribution in [3.63, 3.8) is 0 Å². The first kappa shape index (κ1) is 26.7. The highest BCUT2D eigenvalue weighted by Gasteiger charge is 2.47. The van der Waals surface area contributed by atoms with Crippen molar-refractivity contribution in [3.8, 4) is 5.75 Å². The fourth-order valence-corrected chi connectivity index (χ4v) is 4.46. The summed E-state index contributed by atoms with van der Waals surface area (Å²) in [5, 5.41) is 11.4. The fourth-order valence-electron chi connectivity index (χ4n) is 4.46. The van der Waals surface area contributed by atoms with Gasteiger partial charge < -0.3 is 14.6 Å². The number of hydrogen-bond donors (Lipinski definition) is 1. The van der Waals surface area contributed by atoms with Crippen LogP contribution in [0.15, 0.2) is 78.4 Å². The first-order valence-electron chi connectivity index (χ1n) is 12.6. The van der Waals surface area contributed by atoms with Crippen molar-refractivity contribution in [2.24, 2.45) is 0 Å². The SMILES string of the molecule is CCCOC(=O)c1cccc(N2C(=O)C(=O)/C(=C(/O)c3cccc(OC(C)C)c3)C2c2cccc(C)c2)c1. The molecule has 1 fully saturated rings. The molecule has 1 heterocycles. The van der Waals surface area contributed by atoms with Gasteiger partial charge in [-0.1, -0.05) is 55.0 Å². The predicted molar refractivity (Wildman–Crippen MR) is 145 cm³/mol. The molecule has 1 aliphatic rings. The van der Waals surface area contributed by atoms with Gasteiger partial charge in [0.05, 0.1) is 29.9 Å². The second-order valence-corrected chi connectivity index (χ2v) is 9.46. The minimum atomic E-state index is -0.911. The Balaban J connectivity index is 1.87. The molecule has 3 aromatic rings. The number of ketones is 1. The maximum absolute atomic E-state index is 13.5. The number of nitrogens with zero attached hydrogens (tertiary/aromatic N) is 1. The molecule has 0 radical (unpaired) electrons. The highest BCUT2D eigenvalue weighted by molar-refractivity contribution is 6.51. The quantitative estimate of drug-likeness (QED) is 0.173. The molecular weight excluding hydrogens is 482 g/mol. The van der Waals surface area contributed by atoms with Crippen molar-refractivity contribution in [2.75, 3.05) is 11.5 Å². The molecular formula is C31H31NO6. The number of carbonyl (C=O) groups is 3. The average Bonchev–Trinajstić information content (AvgIpc) is 3.17. The molecule has 1 amide bonds. The van der Waals surface area contributed by atoms with Gasteiger partial charge in [0.25, 0.3) is 11.7 Å². The van der Waals surface area contributed by atoms with Crippen LogP contribution in [0.1, 0.15) is 60.3 Å². The Kier molecular flexibility index (Phi) is 7.96. The zero-order valence-corrected chi connectivity index (χ0v) is 21.9. The second-order valence-electron chi connectivity index (χ2n) is 9.46. The number of anilines is 1. The number of aliphatic hydroxyl groups excluding tert-OH is 1. The molecule has 1 N–H and O–H groups in total. The van der Waals surface area contributed by atoms with Crippen LogP contribution in [0, 0.1) is 6.92 Å². The molecule has 0 spiro atoms. The normalized spacial score (nSPS) is 16.7. The largest absolute Gasteiger partial charge is 0.507 e. The molecule has 7 heteroatoms. The van der Waals surface area contributed by atoms with Crippen LogP contribution in [-0.2, 0) is 14.3 Å². The first-order chi connectivity index (χ1) is 18.2. The van der Waals surface area contributed by atoms with Crippen molar-refractivity contribution < 1.29 is 29.0 Å². The summed E-state index contributed by atoms with van der Waals surface area (Å²) in [4.78, 5) is 40.8. The number of aliphatic hydroxyl groups is 1. The average molecular weight is 514 g/mol. The highest BCUT2D eigenvalue weighted by atomic mass is 16.5. The summed E-state index contributed by atoms with van der Waals surface area (Å²) in [5.41, 5.74) is 2.51. The van der Waals surface area contributed by atoms with Crippen LogP contribution in [0.25, 0.3) is 5.76 Å². The van der Waals surface area contributed by atoms with Gasteiger partial charge in [0, 0.05) is 11.3 Å². The van der Waals surface area contributed by atoms with Crippen molar-refractivity contribution in [1.29, 1.82) is 0 Å². The number of ether oxygens (including phenoxy) is 2. The number of hydrogen-bond acceptors (Lipinski definition) is 6. The maximum atomic E-state index is 13.5. The third-order valence-corrected chi connectivity index (χ3v) is 6.08. The van der Waals surface area contributed by atoms with Crippen LogP contribution in [-0.4, -0.2) is 35.5 Å². The Morgan fingerprint density at radius 2 is 1.68 bits per heavy atom. The molecule has 1 saturated heterocycles. The molecule has 1 aliphatic heterocycles. The fraction of sp³-hybridized carbons (Fsp3) is 0.258. The van der Waals surface area contributed by atoms with Gasteiger partial charge in [0.15, 0.2) is 0 Å². The lowest BCUT2D eigenvalue weighted by Gasteiger charge is -2.26. The zero-order chi connectivity index (χ0) is 27.4. The van der Waals surface area contributed by atoms with E-state index in [1.807, 2.05) is 52.0 Å². The summed E-state index contributed by atoms with van der Waals surface area (Å²) >= 11 is 0. The predicted octanol–water partition coefficient (Wildman–Crippen LogP) is 5.98. The Bertz CT molecular complexity index is 1410. The number of amides is 1. The smallest absolute Gasteiger partial charge is 0.338 e. The van der Waals surface area contributed by atoms with E-state index in [0.29, 0.717) is 29.0 Å². The molecule has 1 atom stereocenters. The summed E-state index contributed by atoms with van der Waals surface area (Å²) in [6.45, 7) is 7.86. The second kappa shape index (κ2) is 11.3. The molecule has 0 saturated carbocycles. The molecule has 38 heavy (non-hydrogen) atoms. The monoisotopic (exact) mass is 513 g/mol. The number of rotatable bonds is 8. The van der Waals surface area contributed by atoms with E-state index in [4.69, 9.17) is 9.47 Å². The number of Topliss-reactive ketones (excluding diaryl/α,β-unsaturated/α-hetero) is 1. The number of esters is 1. The van der Waals surface area contributed by atoms with Crippen molar-refractivity contribution >= 4 is 29.1 Å². The van der Waals surface area contributed by atoms with Crippen LogP contribution in [0.4, 0.5) is 5.69 Å². The van der Waals surface area contributed by atoms with E-state index < -0.39 is 23.7 Å². The Labute approximate surface area is 222 Å². The van der Waals surface area contributed by atoms with E-state index in [9.17, 15) is 19.5 Å². The summed E-state index contributed by atoms with van der Waals surface area (Å²) in [5.74, 6) is -1.90. The lowest BCUT2D eigenvalue weighted by Crippen LogP contribution is -2.29. The van der Waals surface area contributed by atoms with Crippen molar-refractivity contribution in [3.05, 3.63) is 101 Å². The van der Waals surface area contributed by atoms with Gasteiger partial charge in [-0.3, -0.25) is 14.5 Å². The Morgan fingerprint density at radius 3 is 2.39 bits per heavy atom. The molecule has 196 valence electrons. The molecule has 0 bridgehead atoms. The molecule has 4 rings (SSSR count). The van der Waals surface area contributed by atoms with Gasteiger partial charge in [0.2, 0.25) is 0 Å². The molecule has 3 aromatic carbocycles. The van der Waals surface area contributed by atoms with E-state index in [1.54, 1.807) is 42.5 Å². The van der Waals surface area contributed by atoms with Gasteiger partial charge in [-0.05, 0) is 63.1 Å². The van der Waals surface area contributed by atoms with Gasteiger partial charge in [0.1, 0.15) is 11.5 Å². The van der Waals surface area contributed by atoms with Crippen molar-refractivity contribution in [1.82, 2.24) is 0 Å². The Hall–Kier alpha value is -4.39. The van der Waals surface area contributed by atoms with Crippen LogP contribution in [0.5, 0.6) is 5.75 Å². The van der Waals surface area contributed by atoms with Crippen LogP contribution >= 0.6 is 0 Å².